The second-order valence-corrected chi connectivity index (χ2v) is 7.29. The molecule has 3 heterocycles. The SMILES string of the molecule is CC[C@@H]1[C@@H]2CCN3CC[C@@]4(C(=C2C=O)Nc2ccccc24)[C@@H]13. The summed E-state index contributed by atoms with van der Waals surface area (Å²) in [7, 11) is 0. The summed E-state index contributed by atoms with van der Waals surface area (Å²) >= 11 is 0. The maximum Gasteiger partial charge on any atom is 0.148 e. The van der Waals surface area contributed by atoms with Gasteiger partial charge in [0.25, 0.3) is 0 Å². The van der Waals surface area contributed by atoms with Gasteiger partial charge in [-0.3, -0.25) is 9.69 Å². The first-order chi connectivity index (χ1) is 10.8. The molecular weight excluding hydrogens is 272 g/mol. The predicted octanol–water partition coefficient (Wildman–Crippen LogP) is 2.94. The highest BCUT2D eigenvalue weighted by Crippen LogP contribution is 2.62. The van der Waals surface area contributed by atoms with E-state index in [1.807, 2.05) is 0 Å². The van der Waals surface area contributed by atoms with Crippen molar-refractivity contribution in [3.63, 3.8) is 0 Å². The Balaban J connectivity index is 1.84. The Morgan fingerprint density at radius 3 is 3.05 bits per heavy atom. The largest absolute Gasteiger partial charge is 0.358 e. The number of hydrogen-bond acceptors (Lipinski definition) is 3. The van der Waals surface area contributed by atoms with E-state index in [0.29, 0.717) is 17.9 Å². The molecule has 3 aliphatic heterocycles. The van der Waals surface area contributed by atoms with Crippen LogP contribution in [0, 0.1) is 11.8 Å². The summed E-state index contributed by atoms with van der Waals surface area (Å²) in [5.74, 6) is 1.07. The molecule has 0 saturated carbocycles. The molecule has 1 spiro atoms. The van der Waals surface area contributed by atoms with Crippen LogP contribution in [0.4, 0.5) is 5.69 Å². The molecule has 2 bridgehead atoms. The Hall–Kier alpha value is -1.61. The maximum atomic E-state index is 12.0. The molecule has 114 valence electrons. The fraction of sp³-hybridized carbons (Fsp3) is 0.526. The molecule has 1 aromatic rings. The van der Waals surface area contributed by atoms with E-state index in [9.17, 15) is 4.79 Å². The number of fused-ring (bicyclic) bond motifs is 2. The van der Waals surface area contributed by atoms with Crippen LogP contribution in [0.15, 0.2) is 35.5 Å². The number of piperidine rings is 1. The van der Waals surface area contributed by atoms with E-state index < -0.39 is 0 Å². The van der Waals surface area contributed by atoms with E-state index in [1.165, 1.54) is 29.9 Å². The Labute approximate surface area is 131 Å². The Morgan fingerprint density at radius 2 is 2.23 bits per heavy atom. The Kier molecular flexibility index (Phi) is 2.48. The molecule has 0 unspecified atom stereocenters. The van der Waals surface area contributed by atoms with Crippen LogP contribution in [0.1, 0.15) is 31.7 Å². The molecule has 5 rings (SSSR count). The number of aldehydes is 1. The molecule has 1 aromatic carbocycles. The van der Waals surface area contributed by atoms with Crippen molar-refractivity contribution < 1.29 is 4.79 Å². The van der Waals surface area contributed by atoms with Crippen molar-refractivity contribution in [1.82, 2.24) is 4.90 Å². The van der Waals surface area contributed by atoms with Gasteiger partial charge in [0.15, 0.2) is 0 Å². The number of allylic oxidation sites excluding steroid dienone is 1. The minimum absolute atomic E-state index is 0.0461. The number of nitrogens with one attached hydrogen (secondary N) is 1. The normalized spacial score (nSPS) is 38.5. The van der Waals surface area contributed by atoms with Gasteiger partial charge in [-0.25, -0.2) is 0 Å². The third-order valence-corrected chi connectivity index (χ3v) is 6.74. The summed E-state index contributed by atoms with van der Waals surface area (Å²) in [6.45, 7) is 4.62. The smallest absolute Gasteiger partial charge is 0.148 e. The van der Waals surface area contributed by atoms with Crippen LogP contribution < -0.4 is 5.32 Å². The van der Waals surface area contributed by atoms with Gasteiger partial charge in [0.2, 0.25) is 0 Å². The molecular formula is C19H22N2O. The lowest BCUT2D eigenvalue weighted by Gasteiger charge is -2.52. The van der Waals surface area contributed by atoms with Gasteiger partial charge in [-0.1, -0.05) is 31.5 Å². The maximum absolute atomic E-state index is 12.0. The molecule has 1 aliphatic carbocycles. The zero-order chi connectivity index (χ0) is 14.9. The third-order valence-electron chi connectivity index (χ3n) is 6.74. The zero-order valence-electron chi connectivity index (χ0n) is 13.0. The van der Waals surface area contributed by atoms with Gasteiger partial charge < -0.3 is 5.32 Å². The van der Waals surface area contributed by atoms with Crippen LogP contribution in [0.25, 0.3) is 0 Å². The van der Waals surface area contributed by atoms with Gasteiger partial charge in [-0.2, -0.15) is 0 Å². The van der Waals surface area contributed by atoms with Crippen LogP contribution in [-0.4, -0.2) is 30.3 Å². The van der Waals surface area contributed by atoms with Crippen LogP contribution in [0.2, 0.25) is 0 Å². The zero-order valence-corrected chi connectivity index (χ0v) is 13.0. The molecule has 3 nitrogen and oxygen atoms in total. The lowest BCUT2D eigenvalue weighted by Crippen LogP contribution is -2.57. The fourth-order valence-electron chi connectivity index (χ4n) is 6.03. The highest BCUT2D eigenvalue weighted by molar-refractivity contribution is 5.83. The number of benzene rings is 1. The van der Waals surface area contributed by atoms with Crippen molar-refractivity contribution in [2.45, 2.75) is 37.6 Å². The van der Waals surface area contributed by atoms with Gasteiger partial charge in [0.05, 0.1) is 5.41 Å². The van der Waals surface area contributed by atoms with Crippen LogP contribution in [0.3, 0.4) is 0 Å². The number of anilines is 1. The minimum Gasteiger partial charge on any atom is -0.358 e. The molecule has 0 aromatic heterocycles. The molecule has 2 fully saturated rings. The van der Waals surface area contributed by atoms with Crippen LogP contribution >= 0.6 is 0 Å². The van der Waals surface area contributed by atoms with Crippen LogP contribution in [0.5, 0.6) is 0 Å². The number of carbonyl (C=O) groups excluding carboxylic acids is 1. The summed E-state index contributed by atoms with van der Waals surface area (Å²) < 4.78 is 0. The molecule has 2 saturated heterocycles. The summed E-state index contributed by atoms with van der Waals surface area (Å²) in [4.78, 5) is 14.7. The van der Waals surface area contributed by atoms with Crippen molar-refractivity contribution in [1.29, 1.82) is 0 Å². The van der Waals surface area contributed by atoms with E-state index in [-0.39, 0.29) is 5.41 Å². The van der Waals surface area contributed by atoms with Crippen molar-refractivity contribution in [3.05, 3.63) is 41.1 Å². The van der Waals surface area contributed by atoms with Crippen molar-refractivity contribution in [2.24, 2.45) is 11.8 Å². The van der Waals surface area contributed by atoms with E-state index >= 15 is 0 Å². The molecule has 3 heteroatoms. The Bertz CT molecular complexity index is 694. The average molecular weight is 294 g/mol. The van der Waals surface area contributed by atoms with E-state index in [2.05, 4.69) is 41.4 Å². The number of hydrogen-bond donors (Lipinski definition) is 1. The average Bonchev–Trinajstić information content (AvgIpc) is 3.11. The molecule has 22 heavy (non-hydrogen) atoms. The van der Waals surface area contributed by atoms with Gasteiger partial charge in [-0.05, 0) is 49.4 Å². The molecule has 0 amide bonds. The summed E-state index contributed by atoms with van der Waals surface area (Å²) in [6.07, 6.45) is 4.62. The van der Waals surface area contributed by atoms with E-state index in [1.54, 1.807) is 0 Å². The predicted molar refractivity (Wildman–Crippen MR) is 86.7 cm³/mol. The van der Waals surface area contributed by atoms with Gasteiger partial charge in [-0.15, -0.1) is 0 Å². The summed E-state index contributed by atoms with van der Waals surface area (Å²) in [6, 6.07) is 9.27. The topological polar surface area (TPSA) is 32.3 Å². The molecule has 4 atom stereocenters. The number of rotatable bonds is 2. The van der Waals surface area contributed by atoms with E-state index in [0.717, 1.165) is 31.2 Å². The lowest BCUT2D eigenvalue weighted by atomic mass is 9.57. The first-order valence-electron chi connectivity index (χ1n) is 8.61. The third kappa shape index (κ3) is 1.26. The monoisotopic (exact) mass is 294 g/mol. The lowest BCUT2D eigenvalue weighted by molar-refractivity contribution is -0.106. The van der Waals surface area contributed by atoms with Crippen molar-refractivity contribution in [2.75, 3.05) is 18.4 Å². The van der Waals surface area contributed by atoms with Gasteiger partial charge in [0.1, 0.15) is 6.29 Å². The van der Waals surface area contributed by atoms with E-state index in [4.69, 9.17) is 0 Å². The van der Waals surface area contributed by atoms with Gasteiger partial charge in [0, 0.05) is 23.0 Å². The second-order valence-electron chi connectivity index (χ2n) is 7.29. The highest BCUT2D eigenvalue weighted by Gasteiger charge is 2.63. The Morgan fingerprint density at radius 1 is 1.36 bits per heavy atom. The number of nitrogens with zero attached hydrogens (tertiary/aromatic N) is 1. The standard InChI is InChI=1S/C19H22N2O/c1-2-12-13-7-9-21-10-8-19(18(12)21)15-5-3-4-6-16(15)20-17(19)14(13)11-22/h3-6,11-13,18,20H,2,7-10H2,1H3/t12-,13+,18-,19-/m1/s1. The number of carbonyl (C=O) groups is 1. The minimum atomic E-state index is 0.0461. The van der Waals surface area contributed by atoms with Gasteiger partial charge >= 0.3 is 0 Å². The summed E-state index contributed by atoms with van der Waals surface area (Å²) in [5, 5.41) is 3.65. The first-order valence-corrected chi connectivity index (χ1v) is 8.61. The highest BCUT2D eigenvalue weighted by atomic mass is 16.1. The summed E-state index contributed by atoms with van der Waals surface area (Å²) in [5.41, 5.74) is 5.01. The fourth-order valence-corrected chi connectivity index (χ4v) is 6.03. The second kappa shape index (κ2) is 4.23. The van der Waals surface area contributed by atoms with Crippen molar-refractivity contribution in [3.8, 4) is 0 Å². The number of para-hydroxylation sites is 1. The quantitative estimate of drug-likeness (QED) is 0.851. The van der Waals surface area contributed by atoms with Crippen molar-refractivity contribution >= 4 is 12.0 Å². The van der Waals surface area contributed by atoms with Crippen LogP contribution in [-0.2, 0) is 10.2 Å². The molecule has 0 radical (unpaired) electrons. The molecule has 4 aliphatic rings. The first kappa shape index (κ1) is 12.9. The molecule has 1 N–H and O–H groups in total.